The minimum atomic E-state index is -0.0362. The van der Waals surface area contributed by atoms with Crippen molar-refractivity contribution in [1.29, 1.82) is 0 Å². The van der Waals surface area contributed by atoms with E-state index >= 15 is 0 Å². The van der Waals surface area contributed by atoms with Gasteiger partial charge >= 0.3 is 0 Å². The SMILES string of the molecule is Cc1nc(C(C)C)sc1C(=O)NCCc1ccc(Cl)cc1. The average molecular weight is 323 g/mol. The summed E-state index contributed by atoms with van der Waals surface area (Å²) in [5.41, 5.74) is 1.97. The Balaban J connectivity index is 1.91. The Bertz CT molecular complexity index is 620. The molecule has 0 fully saturated rings. The Morgan fingerprint density at radius 1 is 1.33 bits per heavy atom. The number of nitrogens with zero attached hydrogens (tertiary/aromatic N) is 1. The number of aryl methyl sites for hydroxylation is 1. The quantitative estimate of drug-likeness (QED) is 0.896. The second kappa shape index (κ2) is 7.05. The Kier molecular flexibility index (Phi) is 5.37. The van der Waals surface area contributed by atoms with Crippen molar-refractivity contribution in [3.8, 4) is 0 Å². The summed E-state index contributed by atoms with van der Waals surface area (Å²) < 4.78 is 0. The van der Waals surface area contributed by atoms with Crippen LogP contribution in [0.5, 0.6) is 0 Å². The predicted octanol–water partition coefficient (Wildman–Crippen LogP) is 4.20. The van der Waals surface area contributed by atoms with Gasteiger partial charge in [-0.15, -0.1) is 11.3 Å². The highest BCUT2D eigenvalue weighted by atomic mass is 35.5. The van der Waals surface area contributed by atoms with Gasteiger partial charge in [-0.25, -0.2) is 4.98 Å². The topological polar surface area (TPSA) is 42.0 Å². The lowest BCUT2D eigenvalue weighted by molar-refractivity contribution is 0.0957. The third-order valence-electron chi connectivity index (χ3n) is 3.13. The molecule has 0 aliphatic carbocycles. The van der Waals surface area contributed by atoms with E-state index in [0.717, 1.165) is 32.6 Å². The molecule has 0 aliphatic heterocycles. The second-order valence-electron chi connectivity index (χ2n) is 5.25. The minimum absolute atomic E-state index is 0.0362. The lowest BCUT2D eigenvalue weighted by Gasteiger charge is -2.04. The van der Waals surface area contributed by atoms with Gasteiger partial charge in [0.2, 0.25) is 0 Å². The molecule has 0 saturated heterocycles. The Morgan fingerprint density at radius 2 is 2.00 bits per heavy atom. The first kappa shape index (κ1) is 16.0. The molecular weight excluding hydrogens is 304 g/mol. The van der Waals surface area contributed by atoms with Gasteiger partial charge in [0, 0.05) is 17.5 Å². The number of carbonyl (C=O) groups is 1. The molecule has 112 valence electrons. The number of aromatic nitrogens is 1. The van der Waals surface area contributed by atoms with Crippen LogP contribution >= 0.6 is 22.9 Å². The summed E-state index contributed by atoms with van der Waals surface area (Å²) >= 11 is 7.33. The maximum atomic E-state index is 12.2. The Morgan fingerprint density at radius 3 is 2.57 bits per heavy atom. The minimum Gasteiger partial charge on any atom is -0.351 e. The van der Waals surface area contributed by atoms with E-state index in [4.69, 9.17) is 11.6 Å². The molecule has 3 nitrogen and oxygen atoms in total. The van der Waals surface area contributed by atoms with Crippen molar-refractivity contribution in [2.24, 2.45) is 0 Å². The van der Waals surface area contributed by atoms with Crippen LogP contribution in [0, 0.1) is 6.92 Å². The van der Waals surface area contributed by atoms with Crippen molar-refractivity contribution < 1.29 is 4.79 Å². The number of nitrogens with one attached hydrogen (secondary N) is 1. The maximum absolute atomic E-state index is 12.2. The molecule has 1 aromatic heterocycles. The van der Waals surface area contributed by atoms with Crippen molar-refractivity contribution in [1.82, 2.24) is 10.3 Å². The molecule has 2 aromatic rings. The van der Waals surface area contributed by atoms with Gasteiger partial charge < -0.3 is 5.32 Å². The fraction of sp³-hybridized carbons (Fsp3) is 0.375. The van der Waals surface area contributed by atoms with E-state index in [1.54, 1.807) is 0 Å². The van der Waals surface area contributed by atoms with Gasteiger partial charge in [0.05, 0.1) is 10.7 Å². The Labute approximate surface area is 134 Å². The summed E-state index contributed by atoms with van der Waals surface area (Å²) in [7, 11) is 0. The number of halogens is 1. The standard InChI is InChI=1S/C16H19ClN2OS/c1-10(2)16-19-11(3)14(21-16)15(20)18-9-8-12-4-6-13(17)7-5-12/h4-7,10H,8-9H2,1-3H3,(H,18,20). The molecule has 0 spiro atoms. The molecule has 21 heavy (non-hydrogen) atoms. The molecule has 5 heteroatoms. The molecule has 0 unspecified atom stereocenters. The van der Waals surface area contributed by atoms with Crippen LogP contribution in [0.3, 0.4) is 0 Å². The van der Waals surface area contributed by atoms with E-state index in [1.165, 1.54) is 11.3 Å². The molecule has 0 saturated carbocycles. The summed E-state index contributed by atoms with van der Waals surface area (Å²) in [6.45, 7) is 6.66. The maximum Gasteiger partial charge on any atom is 0.263 e. The van der Waals surface area contributed by atoms with Crippen LogP contribution in [0.2, 0.25) is 5.02 Å². The summed E-state index contributed by atoms with van der Waals surface area (Å²) in [4.78, 5) is 17.4. The zero-order valence-corrected chi connectivity index (χ0v) is 14.0. The van der Waals surface area contributed by atoms with Gasteiger partial charge in [-0.2, -0.15) is 0 Å². The lowest BCUT2D eigenvalue weighted by atomic mass is 10.1. The van der Waals surface area contributed by atoms with Crippen LogP contribution in [0.1, 0.15) is 45.7 Å². The first-order valence-electron chi connectivity index (χ1n) is 6.97. The highest BCUT2D eigenvalue weighted by molar-refractivity contribution is 7.13. The van der Waals surface area contributed by atoms with Gasteiger partial charge in [0.1, 0.15) is 4.88 Å². The number of rotatable bonds is 5. The molecular formula is C16H19ClN2OS. The van der Waals surface area contributed by atoms with Crippen LogP contribution in [0.4, 0.5) is 0 Å². The van der Waals surface area contributed by atoms with Gasteiger partial charge in [0.25, 0.3) is 5.91 Å². The molecule has 0 bridgehead atoms. The van der Waals surface area contributed by atoms with Crippen molar-refractivity contribution in [3.63, 3.8) is 0 Å². The van der Waals surface area contributed by atoms with Crippen LogP contribution in [-0.2, 0) is 6.42 Å². The highest BCUT2D eigenvalue weighted by Gasteiger charge is 2.16. The Hall–Kier alpha value is -1.39. The zero-order chi connectivity index (χ0) is 15.4. The van der Waals surface area contributed by atoms with Gasteiger partial charge in [-0.1, -0.05) is 37.6 Å². The number of carbonyl (C=O) groups excluding carboxylic acids is 1. The predicted molar refractivity (Wildman–Crippen MR) is 88.4 cm³/mol. The molecule has 1 amide bonds. The third kappa shape index (κ3) is 4.29. The molecule has 1 aromatic carbocycles. The van der Waals surface area contributed by atoms with Gasteiger partial charge in [-0.3, -0.25) is 4.79 Å². The smallest absolute Gasteiger partial charge is 0.263 e. The van der Waals surface area contributed by atoms with Gasteiger partial charge in [0.15, 0.2) is 0 Å². The molecule has 0 atom stereocenters. The number of benzene rings is 1. The van der Waals surface area contributed by atoms with Crippen molar-refractivity contribution in [3.05, 3.63) is 50.4 Å². The molecule has 2 rings (SSSR count). The summed E-state index contributed by atoms with van der Waals surface area (Å²) in [5, 5.41) is 4.69. The van der Waals surface area contributed by atoms with Gasteiger partial charge in [-0.05, 0) is 31.0 Å². The number of hydrogen-bond acceptors (Lipinski definition) is 3. The summed E-state index contributed by atoms with van der Waals surface area (Å²) in [5.74, 6) is 0.315. The second-order valence-corrected chi connectivity index (χ2v) is 6.72. The first-order valence-corrected chi connectivity index (χ1v) is 8.16. The number of thiazole rings is 1. The summed E-state index contributed by atoms with van der Waals surface area (Å²) in [6.07, 6.45) is 0.789. The van der Waals surface area contributed by atoms with E-state index < -0.39 is 0 Å². The molecule has 0 aliphatic rings. The highest BCUT2D eigenvalue weighted by Crippen LogP contribution is 2.24. The summed E-state index contributed by atoms with van der Waals surface area (Å²) in [6, 6.07) is 7.68. The van der Waals surface area contributed by atoms with E-state index in [9.17, 15) is 4.79 Å². The van der Waals surface area contributed by atoms with E-state index in [2.05, 4.69) is 24.1 Å². The molecule has 1 N–H and O–H groups in total. The number of amides is 1. The van der Waals surface area contributed by atoms with Crippen molar-refractivity contribution >= 4 is 28.8 Å². The molecule has 1 heterocycles. The van der Waals surface area contributed by atoms with E-state index in [1.807, 2.05) is 31.2 Å². The van der Waals surface area contributed by atoms with E-state index in [0.29, 0.717) is 12.5 Å². The van der Waals surface area contributed by atoms with Crippen molar-refractivity contribution in [2.75, 3.05) is 6.54 Å². The molecule has 0 radical (unpaired) electrons. The largest absolute Gasteiger partial charge is 0.351 e. The van der Waals surface area contributed by atoms with E-state index in [-0.39, 0.29) is 5.91 Å². The van der Waals surface area contributed by atoms with Crippen LogP contribution in [0.25, 0.3) is 0 Å². The number of hydrogen-bond donors (Lipinski definition) is 1. The zero-order valence-electron chi connectivity index (χ0n) is 12.4. The third-order valence-corrected chi connectivity index (χ3v) is 4.83. The monoisotopic (exact) mass is 322 g/mol. The van der Waals surface area contributed by atoms with Crippen LogP contribution < -0.4 is 5.32 Å². The lowest BCUT2D eigenvalue weighted by Crippen LogP contribution is -2.25. The average Bonchev–Trinajstić information content (AvgIpc) is 2.83. The van der Waals surface area contributed by atoms with Crippen molar-refractivity contribution in [2.45, 2.75) is 33.1 Å². The first-order chi connectivity index (χ1) is 9.97. The fourth-order valence-corrected chi connectivity index (χ4v) is 3.04. The normalized spacial score (nSPS) is 10.9. The van der Waals surface area contributed by atoms with Crippen LogP contribution in [-0.4, -0.2) is 17.4 Å². The van der Waals surface area contributed by atoms with Crippen LogP contribution in [0.15, 0.2) is 24.3 Å². The fourth-order valence-electron chi connectivity index (χ4n) is 1.93.